The molecule has 0 unspecified atom stereocenters. The van der Waals surface area contributed by atoms with Gasteiger partial charge in [-0.1, -0.05) is 22.0 Å². The van der Waals surface area contributed by atoms with Gasteiger partial charge in [0.25, 0.3) is 0 Å². The molecule has 0 amide bonds. The van der Waals surface area contributed by atoms with Gasteiger partial charge in [-0.15, -0.1) is 0 Å². The zero-order valence-corrected chi connectivity index (χ0v) is 9.50. The summed E-state index contributed by atoms with van der Waals surface area (Å²) in [5.41, 5.74) is 1.38. The smallest absolute Gasteiger partial charge is 0.354 e. The number of H-pyrrole nitrogens is 1. The number of carbonyl (C=O) groups is 1. The van der Waals surface area contributed by atoms with Gasteiger partial charge in [-0.25, -0.2) is 4.79 Å². The fourth-order valence-electron chi connectivity index (χ4n) is 1.01. The Morgan fingerprint density at radius 2 is 2.43 bits per heavy atom. The van der Waals surface area contributed by atoms with E-state index in [0.29, 0.717) is 12.3 Å². The quantitative estimate of drug-likeness (QED) is 0.666. The molecule has 3 nitrogen and oxygen atoms in total. The zero-order chi connectivity index (χ0) is 10.4. The maximum Gasteiger partial charge on any atom is 0.354 e. The van der Waals surface area contributed by atoms with Gasteiger partial charge in [-0.05, 0) is 25.1 Å². The Balaban J connectivity index is 2.67. The standard InChI is InChI=1S/C10H12BrNO2/c1-2-14-10(13)9-6-5-8(12-9)4-3-7-11/h3-6,12H,2,7H2,1H3. The number of hydrogen-bond acceptors (Lipinski definition) is 2. The molecule has 0 spiro atoms. The van der Waals surface area contributed by atoms with Gasteiger partial charge in [0.1, 0.15) is 5.69 Å². The van der Waals surface area contributed by atoms with Crippen LogP contribution in [0.1, 0.15) is 23.1 Å². The van der Waals surface area contributed by atoms with E-state index in [4.69, 9.17) is 4.74 Å². The number of carbonyl (C=O) groups excluding carboxylic acids is 1. The van der Waals surface area contributed by atoms with E-state index in [0.717, 1.165) is 11.0 Å². The van der Waals surface area contributed by atoms with Crippen LogP contribution < -0.4 is 0 Å². The van der Waals surface area contributed by atoms with Crippen molar-refractivity contribution in [2.45, 2.75) is 6.92 Å². The molecule has 4 heteroatoms. The highest BCUT2D eigenvalue weighted by Gasteiger charge is 2.07. The van der Waals surface area contributed by atoms with Crippen LogP contribution in [0.15, 0.2) is 18.2 Å². The number of rotatable bonds is 4. The van der Waals surface area contributed by atoms with Gasteiger partial charge in [0, 0.05) is 11.0 Å². The largest absolute Gasteiger partial charge is 0.461 e. The normalized spacial score (nSPS) is 10.7. The van der Waals surface area contributed by atoms with E-state index in [1.165, 1.54) is 0 Å². The molecule has 0 aliphatic carbocycles. The van der Waals surface area contributed by atoms with E-state index < -0.39 is 0 Å². The van der Waals surface area contributed by atoms with Gasteiger partial charge in [0.05, 0.1) is 6.61 Å². The number of aromatic amines is 1. The van der Waals surface area contributed by atoms with Crippen LogP contribution in [0.4, 0.5) is 0 Å². The Hall–Kier alpha value is -1.03. The second-order valence-corrected chi connectivity index (χ2v) is 3.25. The highest BCUT2D eigenvalue weighted by Crippen LogP contribution is 2.05. The molecule has 1 aromatic rings. The molecule has 14 heavy (non-hydrogen) atoms. The van der Waals surface area contributed by atoms with Crippen LogP contribution in [0.2, 0.25) is 0 Å². The SMILES string of the molecule is CCOC(=O)c1ccc(C=CCBr)[nH]1. The molecule has 0 fully saturated rings. The third kappa shape index (κ3) is 3.03. The summed E-state index contributed by atoms with van der Waals surface area (Å²) in [4.78, 5) is 14.2. The minimum absolute atomic E-state index is 0.314. The average molecular weight is 258 g/mol. The summed E-state index contributed by atoms with van der Waals surface area (Å²) < 4.78 is 4.84. The van der Waals surface area contributed by atoms with Crippen molar-refractivity contribution in [3.05, 3.63) is 29.6 Å². The first kappa shape index (κ1) is 11.0. The fourth-order valence-corrected chi connectivity index (χ4v) is 1.20. The highest BCUT2D eigenvalue weighted by atomic mass is 79.9. The first-order chi connectivity index (χ1) is 6.77. The molecule has 0 bridgehead atoms. The Kier molecular flexibility index (Phi) is 4.46. The molecular weight excluding hydrogens is 246 g/mol. The monoisotopic (exact) mass is 257 g/mol. The summed E-state index contributed by atoms with van der Waals surface area (Å²) in [5.74, 6) is -0.314. The lowest BCUT2D eigenvalue weighted by Gasteiger charge is -1.97. The van der Waals surface area contributed by atoms with Crippen LogP contribution in [0.25, 0.3) is 6.08 Å². The number of esters is 1. The number of allylic oxidation sites excluding steroid dienone is 1. The van der Waals surface area contributed by atoms with Crippen molar-refractivity contribution in [3.8, 4) is 0 Å². The predicted molar refractivity (Wildman–Crippen MR) is 59.6 cm³/mol. The Bertz CT molecular complexity index is 331. The van der Waals surface area contributed by atoms with Crippen LogP contribution in [0.3, 0.4) is 0 Å². The number of alkyl halides is 1. The van der Waals surface area contributed by atoms with Crippen LogP contribution >= 0.6 is 15.9 Å². The van der Waals surface area contributed by atoms with E-state index in [-0.39, 0.29) is 5.97 Å². The molecule has 1 aromatic heterocycles. The number of aromatic nitrogens is 1. The third-order valence-corrected chi connectivity index (χ3v) is 1.96. The number of ether oxygens (including phenoxy) is 1. The molecule has 0 atom stereocenters. The van der Waals surface area contributed by atoms with Crippen molar-refractivity contribution in [3.63, 3.8) is 0 Å². The van der Waals surface area contributed by atoms with Crippen LogP contribution in [0.5, 0.6) is 0 Å². The van der Waals surface area contributed by atoms with E-state index in [1.807, 2.05) is 18.2 Å². The van der Waals surface area contributed by atoms with Crippen LogP contribution in [-0.4, -0.2) is 22.9 Å². The molecule has 0 aromatic carbocycles. The first-order valence-electron chi connectivity index (χ1n) is 4.36. The molecule has 1 N–H and O–H groups in total. The molecular formula is C10H12BrNO2. The highest BCUT2D eigenvalue weighted by molar-refractivity contribution is 9.09. The Labute approximate surface area is 91.3 Å². The van der Waals surface area contributed by atoms with Gasteiger partial charge in [-0.2, -0.15) is 0 Å². The molecule has 0 radical (unpaired) electrons. The first-order valence-corrected chi connectivity index (χ1v) is 5.48. The second kappa shape index (κ2) is 5.65. The minimum Gasteiger partial charge on any atom is -0.461 e. The van der Waals surface area contributed by atoms with Gasteiger partial charge in [-0.3, -0.25) is 0 Å². The molecule has 1 rings (SSSR count). The fraction of sp³-hybridized carbons (Fsp3) is 0.300. The maximum absolute atomic E-state index is 11.2. The predicted octanol–water partition coefficient (Wildman–Crippen LogP) is 2.60. The van der Waals surface area contributed by atoms with Crippen molar-refractivity contribution in [2.75, 3.05) is 11.9 Å². The van der Waals surface area contributed by atoms with Crippen molar-refractivity contribution < 1.29 is 9.53 Å². The van der Waals surface area contributed by atoms with Gasteiger partial charge < -0.3 is 9.72 Å². The molecule has 0 saturated carbocycles. The minimum atomic E-state index is -0.314. The summed E-state index contributed by atoms with van der Waals surface area (Å²) in [5, 5.41) is 0.792. The van der Waals surface area contributed by atoms with Crippen molar-refractivity contribution in [1.82, 2.24) is 4.98 Å². The number of halogens is 1. The van der Waals surface area contributed by atoms with Crippen LogP contribution in [-0.2, 0) is 4.74 Å². The van der Waals surface area contributed by atoms with Crippen molar-refractivity contribution in [1.29, 1.82) is 0 Å². The lowest BCUT2D eigenvalue weighted by Crippen LogP contribution is -2.04. The number of nitrogens with one attached hydrogen (secondary N) is 1. The third-order valence-electron chi connectivity index (χ3n) is 1.59. The topological polar surface area (TPSA) is 42.1 Å². The van der Waals surface area contributed by atoms with E-state index in [2.05, 4.69) is 20.9 Å². The van der Waals surface area contributed by atoms with Crippen molar-refractivity contribution >= 4 is 28.0 Å². The van der Waals surface area contributed by atoms with Gasteiger partial charge >= 0.3 is 5.97 Å². The number of hydrogen-bond donors (Lipinski definition) is 1. The lowest BCUT2D eigenvalue weighted by molar-refractivity contribution is 0.0520. The summed E-state index contributed by atoms with van der Waals surface area (Å²) in [6, 6.07) is 3.55. The van der Waals surface area contributed by atoms with Crippen LogP contribution in [0, 0.1) is 0 Å². The van der Waals surface area contributed by atoms with E-state index in [9.17, 15) is 4.79 Å². The molecule has 76 valence electrons. The average Bonchev–Trinajstić information content (AvgIpc) is 2.63. The summed E-state index contributed by atoms with van der Waals surface area (Å²) >= 11 is 3.28. The lowest BCUT2D eigenvalue weighted by atomic mass is 10.4. The second-order valence-electron chi connectivity index (χ2n) is 2.60. The van der Waals surface area contributed by atoms with Crippen molar-refractivity contribution in [2.24, 2.45) is 0 Å². The maximum atomic E-state index is 11.2. The zero-order valence-electron chi connectivity index (χ0n) is 7.92. The Morgan fingerprint density at radius 3 is 3.07 bits per heavy atom. The van der Waals surface area contributed by atoms with Gasteiger partial charge in [0.2, 0.25) is 0 Å². The summed E-state index contributed by atoms with van der Waals surface area (Å²) in [6.45, 7) is 2.18. The van der Waals surface area contributed by atoms with Gasteiger partial charge in [0.15, 0.2) is 0 Å². The summed E-state index contributed by atoms with van der Waals surface area (Å²) in [6.07, 6.45) is 3.85. The summed E-state index contributed by atoms with van der Waals surface area (Å²) in [7, 11) is 0. The molecule has 0 aliphatic rings. The molecule has 1 heterocycles. The Morgan fingerprint density at radius 1 is 1.64 bits per heavy atom. The molecule has 0 aliphatic heterocycles. The van der Waals surface area contributed by atoms with E-state index >= 15 is 0 Å². The molecule has 0 saturated heterocycles. The van der Waals surface area contributed by atoms with E-state index in [1.54, 1.807) is 13.0 Å².